The first-order valence-corrected chi connectivity index (χ1v) is 7.08. The number of carbonyl (C=O) groups is 1. The Morgan fingerprint density at radius 1 is 1.38 bits per heavy atom. The van der Waals surface area contributed by atoms with E-state index in [1.165, 1.54) is 0 Å². The second kappa shape index (κ2) is 8.87. The molecule has 0 saturated carbocycles. The molecule has 3 N–H and O–H groups in total. The summed E-state index contributed by atoms with van der Waals surface area (Å²) in [6.45, 7) is 3.57. The van der Waals surface area contributed by atoms with Gasteiger partial charge in [-0.2, -0.15) is 0 Å². The van der Waals surface area contributed by atoms with Gasteiger partial charge in [-0.25, -0.2) is 0 Å². The Bertz CT molecular complexity index is 439. The van der Waals surface area contributed by atoms with Crippen LogP contribution < -0.4 is 15.8 Å². The van der Waals surface area contributed by atoms with Gasteiger partial charge in [-0.3, -0.25) is 4.79 Å². The van der Waals surface area contributed by atoms with E-state index < -0.39 is 0 Å². The van der Waals surface area contributed by atoms with Crippen LogP contribution in [0.15, 0.2) is 24.3 Å². The summed E-state index contributed by atoms with van der Waals surface area (Å²) in [6.07, 6.45) is 1.27. The lowest BCUT2D eigenvalue weighted by atomic mass is 10.1. The fraction of sp³-hybridized carbons (Fsp3) is 0.533. The molecule has 2 atom stereocenters. The van der Waals surface area contributed by atoms with Crippen molar-refractivity contribution in [3.05, 3.63) is 29.8 Å². The van der Waals surface area contributed by atoms with Crippen LogP contribution in [0.4, 0.5) is 0 Å². The van der Waals surface area contributed by atoms with Gasteiger partial charge in [0.1, 0.15) is 11.9 Å². The molecule has 118 valence electrons. The third kappa shape index (κ3) is 5.19. The Morgan fingerprint density at radius 3 is 2.67 bits per heavy atom. The molecule has 0 aliphatic carbocycles. The lowest BCUT2D eigenvalue weighted by Crippen LogP contribution is -2.35. The van der Waals surface area contributed by atoms with Gasteiger partial charge in [0, 0.05) is 13.1 Å². The van der Waals surface area contributed by atoms with Crippen LogP contribution in [0, 0.1) is 0 Å². The molecular formula is C15H23ClN2O3. The Labute approximate surface area is 131 Å². The zero-order valence-corrected chi connectivity index (χ0v) is 13.0. The van der Waals surface area contributed by atoms with Crippen molar-refractivity contribution in [3.8, 4) is 5.75 Å². The fourth-order valence-electron chi connectivity index (χ4n) is 2.25. The minimum absolute atomic E-state index is 0. The number of carbonyl (C=O) groups excluding carboxylic acids is 1. The van der Waals surface area contributed by atoms with E-state index in [1.807, 2.05) is 31.2 Å². The molecule has 0 bridgehead atoms. The monoisotopic (exact) mass is 314 g/mol. The summed E-state index contributed by atoms with van der Waals surface area (Å²) in [5.74, 6) is 0.780. The Balaban J connectivity index is 0.00000220. The smallest absolute Gasteiger partial charge is 0.249 e. The highest BCUT2D eigenvalue weighted by Gasteiger charge is 2.29. The molecule has 1 fully saturated rings. The van der Waals surface area contributed by atoms with Crippen LogP contribution in [-0.2, 0) is 16.1 Å². The minimum atomic E-state index is -0.355. The van der Waals surface area contributed by atoms with Crippen LogP contribution in [0.5, 0.6) is 5.75 Å². The molecule has 1 amide bonds. The molecule has 0 spiro atoms. The summed E-state index contributed by atoms with van der Waals surface area (Å²) < 4.78 is 10.9. The van der Waals surface area contributed by atoms with Crippen molar-refractivity contribution in [2.24, 2.45) is 5.73 Å². The maximum absolute atomic E-state index is 11.9. The van der Waals surface area contributed by atoms with Gasteiger partial charge >= 0.3 is 0 Å². The van der Waals surface area contributed by atoms with Gasteiger partial charge < -0.3 is 20.5 Å². The fourth-order valence-corrected chi connectivity index (χ4v) is 2.25. The molecule has 0 aromatic heterocycles. The number of benzene rings is 1. The molecule has 1 saturated heterocycles. The molecule has 1 aliphatic rings. The first-order chi connectivity index (χ1) is 9.72. The summed E-state index contributed by atoms with van der Waals surface area (Å²) in [5.41, 5.74) is 6.57. The van der Waals surface area contributed by atoms with Crippen molar-refractivity contribution in [2.75, 3.05) is 13.2 Å². The zero-order chi connectivity index (χ0) is 14.4. The van der Waals surface area contributed by atoms with Gasteiger partial charge in [0.25, 0.3) is 0 Å². The molecule has 21 heavy (non-hydrogen) atoms. The largest absolute Gasteiger partial charge is 0.494 e. The predicted octanol–water partition coefficient (Wildman–Crippen LogP) is 1.63. The molecule has 5 nitrogen and oxygen atoms in total. The number of nitrogens with one attached hydrogen (secondary N) is 1. The number of ether oxygens (including phenoxy) is 2. The van der Waals surface area contributed by atoms with Crippen molar-refractivity contribution >= 4 is 18.3 Å². The van der Waals surface area contributed by atoms with Gasteiger partial charge in [0.2, 0.25) is 5.91 Å². The number of amides is 1. The Kier molecular flexibility index (Phi) is 7.50. The van der Waals surface area contributed by atoms with Crippen molar-refractivity contribution in [1.29, 1.82) is 0 Å². The lowest BCUT2D eigenvalue weighted by molar-refractivity contribution is -0.132. The summed E-state index contributed by atoms with van der Waals surface area (Å²) in [7, 11) is 0. The average Bonchev–Trinajstić information content (AvgIpc) is 2.95. The van der Waals surface area contributed by atoms with Gasteiger partial charge in [-0.15, -0.1) is 12.4 Å². The highest BCUT2D eigenvalue weighted by molar-refractivity contribution is 5.85. The van der Waals surface area contributed by atoms with Crippen molar-refractivity contribution < 1.29 is 14.3 Å². The normalized spacial score (nSPS) is 20.7. The first-order valence-electron chi connectivity index (χ1n) is 7.08. The van der Waals surface area contributed by atoms with Crippen LogP contribution >= 0.6 is 12.4 Å². The summed E-state index contributed by atoms with van der Waals surface area (Å²) in [5, 5.41) is 2.89. The van der Waals surface area contributed by atoms with Crippen LogP contribution in [0.2, 0.25) is 0 Å². The number of halogens is 1. The number of hydrogen-bond acceptors (Lipinski definition) is 4. The second-order valence-electron chi connectivity index (χ2n) is 4.85. The highest BCUT2D eigenvalue weighted by Crippen LogP contribution is 2.19. The summed E-state index contributed by atoms with van der Waals surface area (Å²) in [4.78, 5) is 11.9. The van der Waals surface area contributed by atoms with Crippen molar-refractivity contribution in [3.63, 3.8) is 0 Å². The number of hydrogen-bond donors (Lipinski definition) is 2. The molecule has 2 rings (SSSR count). The standard InChI is InChI=1S/C15H22N2O3.ClH/c1-2-19-12-5-3-11(4-6-12)10-17-15(18)14-8-7-13(9-16)20-14;/h3-6,13-14H,2,7-10,16H2,1H3,(H,17,18);1H/t13-,14+;/m1./s1. The van der Waals surface area contributed by atoms with E-state index in [-0.39, 0.29) is 30.5 Å². The molecule has 1 aromatic carbocycles. The zero-order valence-electron chi connectivity index (χ0n) is 12.2. The molecule has 1 aromatic rings. The molecule has 1 aliphatic heterocycles. The first kappa shape index (κ1) is 17.8. The third-order valence-corrected chi connectivity index (χ3v) is 3.36. The maximum Gasteiger partial charge on any atom is 0.249 e. The van der Waals surface area contributed by atoms with E-state index in [9.17, 15) is 4.79 Å². The van der Waals surface area contributed by atoms with Gasteiger partial charge in [-0.1, -0.05) is 12.1 Å². The van der Waals surface area contributed by atoms with Crippen LogP contribution in [0.25, 0.3) is 0 Å². The Morgan fingerprint density at radius 2 is 2.10 bits per heavy atom. The molecule has 0 radical (unpaired) electrons. The van der Waals surface area contributed by atoms with E-state index in [1.54, 1.807) is 0 Å². The molecule has 0 unspecified atom stereocenters. The topological polar surface area (TPSA) is 73.6 Å². The third-order valence-electron chi connectivity index (χ3n) is 3.36. The van der Waals surface area contributed by atoms with E-state index >= 15 is 0 Å². The summed E-state index contributed by atoms with van der Waals surface area (Å²) >= 11 is 0. The SMILES string of the molecule is CCOc1ccc(CNC(=O)[C@@H]2CC[C@H](CN)O2)cc1.Cl. The summed E-state index contributed by atoms with van der Waals surface area (Å²) in [6, 6.07) is 7.70. The van der Waals surface area contributed by atoms with Gasteiger partial charge in [0.15, 0.2) is 0 Å². The van der Waals surface area contributed by atoms with Gasteiger partial charge in [0.05, 0.1) is 12.7 Å². The predicted molar refractivity (Wildman–Crippen MR) is 83.7 cm³/mol. The van der Waals surface area contributed by atoms with Crippen LogP contribution in [0.3, 0.4) is 0 Å². The average molecular weight is 315 g/mol. The minimum Gasteiger partial charge on any atom is -0.494 e. The van der Waals surface area contributed by atoms with Crippen LogP contribution in [-0.4, -0.2) is 31.3 Å². The quantitative estimate of drug-likeness (QED) is 0.837. The number of rotatable bonds is 6. The molecule has 6 heteroatoms. The van der Waals surface area contributed by atoms with E-state index in [2.05, 4.69) is 5.32 Å². The van der Waals surface area contributed by atoms with Crippen LogP contribution in [0.1, 0.15) is 25.3 Å². The van der Waals surface area contributed by atoms with Crippen molar-refractivity contribution in [1.82, 2.24) is 5.32 Å². The van der Waals surface area contributed by atoms with E-state index in [4.69, 9.17) is 15.2 Å². The van der Waals surface area contributed by atoms with Crippen molar-refractivity contribution in [2.45, 2.75) is 38.5 Å². The Hall–Kier alpha value is -1.30. The van der Waals surface area contributed by atoms with E-state index in [0.29, 0.717) is 19.7 Å². The van der Waals surface area contributed by atoms with Gasteiger partial charge in [-0.05, 0) is 37.5 Å². The maximum atomic E-state index is 11.9. The number of nitrogens with two attached hydrogens (primary N) is 1. The lowest BCUT2D eigenvalue weighted by Gasteiger charge is -2.13. The van der Waals surface area contributed by atoms with E-state index in [0.717, 1.165) is 24.2 Å². The molecule has 1 heterocycles. The highest BCUT2D eigenvalue weighted by atomic mass is 35.5. The molecular weight excluding hydrogens is 292 g/mol. The second-order valence-corrected chi connectivity index (χ2v) is 4.85.